The van der Waals surface area contributed by atoms with Crippen molar-refractivity contribution in [2.45, 2.75) is 33.2 Å². The van der Waals surface area contributed by atoms with Crippen molar-refractivity contribution in [3.8, 4) is 17.1 Å². The van der Waals surface area contributed by atoms with Gasteiger partial charge in [0.25, 0.3) is 0 Å². The summed E-state index contributed by atoms with van der Waals surface area (Å²) >= 11 is 0. The van der Waals surface area contributed by atoms with Crippen molar-refractivity contribution in [1.82, 2.24) is 0 Å². The van der Waals surface area contributed by atoms with Crippen LogP contribution in [-0.4, -0.2) is 17.1 Å². The van der Waals surface area contributed by atoms with E-state index in [2.05, 4.69) is 0 Å². The number of phenols is 1. The molecule has 1 unspecified atom stereocenters. The van der Waals surface area contributed by atoms with Gasteiger partial charge in [-0.25, -0.2) is 0 Å². The zero-order chi connectivity index (χ0) is 17.0. The SMILES string of the molecule is CC(=O)N1c2c(c(O)c(-c3ccc(C)o3)c3ccccc23)CC1C. The van der Waals surface area contributed by atoms with E-state index in [1.54, 1.807) is 11.8 Å². The van der Waals surface area contributed by atoms with Crippen LogP contribution < -0.4 is 4.90 Å². The molecular formula is C20H19NO3. The second-order valence-corrected chi connectivity index (χ2v) is 6.45. The zero-order valence-corrected chi connectivity index (χ0v) is 14.0. The van der Waals surface area contributed by atoms with Crippen LogP contribution >= 0.6 is 0 Å². The number of phenolic OH excluding ortho intramolecular Hbond substituents is 1. The zero-order valence-electron chi connectivity index (χ0n) is 14.0. The Balaban J connectivity index is 2.12. The third kappa shape index (κ3) is 1.96. The summed E-state index contributed by atoms with van der Waals surface area (Å²) in [6.45, 7) is 5.46. The van der Waals surface area contributed by atoms with E-state index in [4.69, 9.17) is 4.42 Å². The molecule has 0 radical (unpaired) electrons. The lowest BCUT2D eigenvalue weighted by Crippen LogP contribution is -2.33. The summed E-state index contributed by atoms with van der Waals surface area (Å²) < 4.78 is 5.78. The number of anilines is 1. The predicted octanol–water partition coefficient (Wildman–Crippen LogP) is 4.41. The summed E-state index contributed by atoms with van der Waals surface area (Å²) in [5, 5.41) is 12.8. The Kier molecular flexibility index (Phi) is 3.17. The fraction of sp³-hybridized carbons (Fsp3) is 0.250. The largest absolute Gasteiger partial charge is 0.507 e. The number of aromatic hydroxyl groups is 1. The quantitative estimate of drug-likeness (QED) is 0.722. The fourth-order valence-electron chi connectivity index (χ4n) is 3.82. The van der Waals surface area contributed by atoms with Gasteiger partial charge in [-0.2, -0.15) is 0 Å². The van der Waals surface area contributed by atoms with Gasteiger partial charge in [0.1, 0.15) is 17.3 Å². The minimum atomic E-state index is -0.00704. The first-order valence-electron chi connectivity index (χ1n) is 8.12. The van der Waals surface area contributed by atoms with Gasteiger partial charge < -0.3 is 14.4 Å². The minimum absolute atomic E-state index is 0.00704. The summed E-state index contributed by atoms with van der Waals surface area (Å²) in [6.07, 6.45) is 0.637. The summed E-state index contributed by atoms with van der Waals surface area (Å²) in [5.74, 6) is 1.66. The molecule has 2 aromatic carbocycles. The topological polar surface area (TPSA) is 53.7 Å². The highest BCUT2D eigenvalue weighted by atomic mass is 16.3. The molecule has 3 aromatic rings. The normalized spacial score (nSPS) is 16.6. The summed E-state index contributed by atoms with van der Waals surface area (Å²) in [7, 11) is 0. The Bertz CT molecular complexity index is 970. The number of carbonyl (C=O) groups excluding carboxylic acids is 1. The highest BCUT2D eigenvalue weighted by Crippen LogP contribution is 2.49. The molecule has 0 spiro atoms. The number of amides is 1. The number of carbonyl (C=O) groups is 1. The van der Waals surface area contributed by atoms with Crippen molar-refractivity contribution in [2.24, 2.45) is 0 Å². The number of rotatable bonds is 1. The second kappa shape index (κ2) is 5.13. The van der Waals surface area contributed by atoms with Gasteiger partial charge >= 0.3 is 0 Å². The number of aryl methyl sites for hydroxylation is 1. The van der Waals surface area contributed by atoms with E-state index >= 15 is 0 Å². The third-order valence-corrected chi connectivity index (χ3v) is 4.77. The first-order chi connectivity index (χ1) is 11.5. The first-order valence-corrected chi connectivity index (χ1v) is 8.12. The maximum atomic E-state index is 12.2. The van der Waals surface area contributed by atoms with Crippen LogP contribution in [0.15, 0.2) is 40.8 Å². The maximum Gasteiger partial charge on any atom is 0.224 e. The Labute approximate surface area is 140 Å². The second-order valence-electron chi connectivity index (χ2n) is 6.45. The number of benzene rings is 2. The Morgan fingerprint density at radius 2 is 1.92 bits per heavy atom. The monoisotopic (exact) mass is 321 g/mol. The summed E-state index contributed by atoms with van der Waals surface area (Å²) in [4.78, 5) is 13.9. The molecule has 0 saturated carbocycles. The van der Waals surface area contributed by atoms with Crippen LogP contribution in [0.1, 0.15) is 25.2 Å². The lowest BCUT2D eigenvalue weighted by molar-refractivity contribution is -0.116. The molecule has 24 heavy (non-hydrogen) atoms. The van der Waals surface area contributed by atoms with Crippen molar-refractivity contribution in [3.05, 3.63) is 47.7 Å². The molecule has 4 heteroatoms. The first kappa shape index (κ1) is 14.8. The van der Waals surface area contributed by atoms with Crippen molar-refractivity contribution in [2.75, 3.05) is 4.90 Å². The number of nitrogens with zero attached hydrogens (tertiary/aromatic N) is 1. The van der Waals surface area contributed by atoms with Gasteiger partial charge in [-0.1, -0.05) is 24.3 Å². The average Bonchev–Trinajstić information content (AvgIpc) is 3.11. The Hall–Kier alpha value is -2.75. The molecule has 1 N–H and O–H groups in total. The highest BCUT2D eigenvalue weighted by molar-refractivity contribution is 6.12. The maximum absolute atomic E-state index is 12.2. The van der Waals surface area contributed by atoms with E-state index in [1.807, 2.05) is 50.2 Å². The molecule has 2 heterocycles. The van der Waals surface area contributed by atoms with Crippen LogP contribution in [-0.2, 0) is 11.2 Å². The van der Waals surface area contributed by atoms with E-state index in [0.717, 1.165) is 27.8 Å². The molecule has 122 valence electrons. The van der Waals surface area contributed by atoms with Crippen molar-refractivity contribution in [3.63, 3.8) is 0 Å². The molecule has 1 aliphatic rings. The summed E-state index contributed by atoms with van der Waals surface area (Å²) in [6, 6.07) is 11.7. The molecule has 0 aliphatic carbocycles. The Morgan fingerprint density at radius 1 is 1.21 bits per heavy atom. The molecule has 4 nitrogen and oxygen atoms in total. The van der Waals surface area contributed by atoms with Crippen LogP contribution in [0.4, 0.5) is 5.69 Å². The number of fused-ring (bicyclic) bond motifs is 3. The number of hydrogen-bond donors (Lipinski definition) is 1. The molecule has 0 saturated heterocycles. The fourth-order valence-corrected chi connectivity index (χ4v) is 3.82. The van der Waals surface area contributed by atoms with Crippen LogP contribution in [0.2, 0.25) is 0 Å². The van der Waals surface area contributed by atoms with E-state index < -0.39 is 0 Å². The van der Waals surface area contributed by atoms with Crippen LogP contribution in [0.3, 0.4) is 0 Å². The third-order valence-electron chi connectivity index (χ3n) is 4.77. The molecule has 0 bridgehead atoms. The molecular weight excluding hydrogens is 302 g/mol. The number of hydrogen-bond acceptors (Lipinski definition) is 3. The minimum Gasteiger partial charge on any atom is -0.507 e. The lowest BCUT2D eigenvalue weighted by Gasteiger charge is -2.23. The molecule has 0 fully saturated rings. The molecule has 4 rings (SSSR count). The molecule has 1 amide bonds. The predicted molar refractivity (Wildman–Crippen MR) is 94.4 cm³/mol. The molecule has 1 atom stereocenters. The van der Waals surface area contributed by atoms with Crippen molar-refractivity contribution < 1.29 is 14.3 Å². The van der Waals surface area contributed by atoms with Crippen LogP contribution in [0, 0.1) is 6.92 Å². The highest BCUT2D eigenvalue weighted by Gasteiger charge is 2.35. The van der Waals surface area contributed by atoms with E-state index in [1.165, 1.54) is 0 Å². The van der Waals surface area contributed by atoms with Crippen molar-refractivity contribution in [1.29, 1.82) is 0 Å². The van der Waals surface area contributed by atoms with E-state index in [0.29, 0.717) is 17.7 Å². The van der Waals surface area contributed by atoms with Crippen LogP contribution in [0.5, 0.6) is 5.75 Å². The van der Waals surface area contributed by atoms with Gasteiger partial charge in [-0.05, 0) is 37.8 Å². The van der Waals surface area contributed by atoms with Gasteiger partial charge in [0.2, 0.25) is 5.91 Å². The number of furan rings is 1. The molecule has 1 aliphatic heterocycles. The molecule has 1 aromatic heterocycles. The van der Waals surface area contributed by atoms with Gasteiger partial charge in [0.15, 0.2) is 0 Å². The van der Waals surface area contributed by atoms with Gasteiger partial charge in [-0.3, -0.25) is 4.79 Å². The van der Waals surface area contributed by atoms with Crippen LogP contribution in [0.25, 0.3) is 22.1 Å². The lowest BCUT2D eigenvalue weighted by atomic mass is 9.95. The van der Waals surface area contributed by atoms with Gasteiger partial charge in [0, 0.05) is 23.9 Å². The van der Waals surface area contributed by atoms with Gasteiger partial charge in [-0.15, -0.1) is 0 Å². The Morgan fingerprint density at radius 3 is 2.54 bits per heavy atom. The van der Waals surface area contributed by atoms with Gasteiger partial charge in [0.05, 0.1) is 11.3 Å². The van der Waals surface area contributed by atoms with E-state index in [9.17, 15) is 9.90 Å². The summed E-state index contributed by atoms with van der Waals surface area (Å²) in [5.41, 5.74) is 2.35. The smallest absolute Gasteiger partial charge is 0.224 e. The average molecular weight is 321 g/mol. The van der Waals surface area contributed by atoms with Crippen molar-refractivity contribution >= 4 is 22.4 Å². The van der Waals surface area contributed by atoms with E-state index in [-0.39, 0.29) is 17.7 Å². The standard InChI is InChI=1S/C20H19NO3/c1-11-10-16-19(21(11)13(3)22)15-7-5-4-6-14(15)18(20(16)23)17-9-8-12(2)24-17/h4-9,11,23H,10H2,1-3H3.